The van der Waals surface area contributed by atoms with E-state index in [4.69, 9.17) is 4.42 Å². The molecule has 0 unspecified atom stereocenters. The van der Waals surface area contributed by atoms with Crippen LogP contribution in [0.2, 0.25) is 0 Å². The standard InChI is InChI=1S/C9H13BrN2O/c1-9(2,3)12-11-6-8-7(10)4-5-13-8/h4-6,12H,1-3H3/b11-6+. The zero-order chi connectivity index (χ0) is 9.90. The van der Waals surface area contributed by atoms with Crippen molar-refractivity contribution in [1.82, 2.24) is 5.43 Å². The van der Waals surface area contributed by atoms with Crippen LogP contribution in [0.3, 0.4) is 0 Å². The number of halogens is 1. The van der Waals surface area contributed by atoms with Crippen LogP contribution in [0.1, 0.15) is 26.5 Å². The molecular formula is C9H13BrN2O. The van der Waals surface area contributed by atoms with Crippen molar-refractivity contribution in [3.05, 3.63) is 22.6 Å². The lowest BCUT2D eigenvalue weighted by atomic mass is 10.1. The monoisotopic (exact) mass is 244 g/mol. The lowest BCUT2D eigenvalue weighted by Gasteiger charge is -2.16. The van der Waals surface area contributed by atoms with Gasteiger partial charge in [-0.05, 0) is 42.8 Å². The van der Waals surface area contributed by atoms with Crippen molar-refractivity contribution in [2.45, 2.75) is 26.3 Å². The Morgan fingerprint density at radius 3 is 2.69 bits per heavy atom. The molecule has 1 rings (SSSR count). The molecule has 13 heavy (non-hydrogen) atoms. The Labute approximate surface area is 86.3 Å². The molecule has 1 N–H and O–H groups in total. The van der Waals surface area contributed by atoms with Crippen molar-refractivity contribution in [1.29, 1.82) is 0 Å². The molecule has 72 valence electrons. The molecule has 1 aromatic heterocycles. The Bertz CT molecular complexity index is 299. The van der Waals surface area contributed by atoms with Crippen molar-refractivity contribution in [3.8, 4) is 0 Å². The number of nitrogens with zero attached hydrogens (tertiary/aromatic N) is 1. The van der Waals surface area contributed by atoms with Gasteiger partial charge in [0.1, 0.15) is 0 Å². The molecule has 1 aromatic rings. The number of nitrogens with one attached hydrogen (secondary N) is 1. The normalized spacial score (nSPS) is 12.3. The molecular weight excluding hydrogens is 232 g/mol. The Morgan fingerprint density at radius 2 is 2.23 bits per heavy atom. The number of hydrogen-bond donors (Lipinski definition) is 1. The Morgan fingerprint density at radius 1 is 1.54 bits per heavy atom. The number of rotatable bonds is 2. The van der Waals surface area contributed by atoms with Gasteiger partial charge in [-0.2, -0.15) is 5.10 Å². The molecule has 3 nitrogen and oxygen atoms in total. The van der Waals surface area contributed by atoms with E-state index in [2.05, 4.69) is 26.5 Å². The van der Waals surface area contributed by atoms with Crippen molar-refractivity contribution in [2.24, 2.45) is 5.10 Å². The molecule has 0 aliphatic carbocycles. The third kappa shape index (κ3) is 3.63. The Hall–Kier alpha value is -0.770. The van der Waals surface area contributed by atoms with Gasteiger partial charge in [0, 0.05) is 5.54 Å². The quantitative estimate of drug-likeness (QED) is 0.642. The third-order valence-corrected chi connectivity index (χ3v) is 1.88. The lowest BCUT2D eigenvalue weighted by molar-refractivity contribution is 0.441. The van der Waals surface area contributed by atoms with Gasteiger partial charge in [-0.3, -0.25) is 0 Å². The first-order chi connectivity index (χ1) is 5.99. The highest BCUT2D eigenvalue weighted by Crippen LogP contribution is 2.14. The summed E-state index contributed by atoms with van der Waals surface area (Å²) in [5.41, 5.74) is 2.96. The first kappa shape index (κ1) is 10.3. The molecule has 0 spiro atoms. The molecule has 0 atom stereocenters. The van der Waals surface area contributed by atoms with E-state index in [9.17, 15) is 0 Å². The summed E-state index contributed by atoms with van der Waals surface area (Å²) in [6, 6.07) is 1.83. The second kappa shape index (κ2) is 3.96. The van der Waals surface area contributed by atoms with Gasteiger partial charge in [-0.25, -0.2) is 0 Å². The Balaban J connectivity index is 2.55. The van der Waals surface area contributed by atoms with Crippen LogP contribution in [0.15, 0.2) is 26.3 Å². The van der Waals surface area contributed by atoms with Crippen LogP contribution in [0.25, 0.3) is 0 Å². The molecule has 4 heteroatoms. The smallest absolute Gasteiger partial charge is 0.160 e. The van der Waals surface area contributed by atoms with Crippen LogP contribution >= 0.6 is 15.9 Å². The lowest BCUT2D eigenvalue weighted by Crippen LogP contribution is -2.31. The highest BCUT2D eigenvalue weighted by atomic mass is 79.9. The molecule has 0 saturated carbocycles. The van der Waals surface area contributed by atoms with Crippen molar-refractivity contribution in [2.75, 3.05) is 0 Å². The summed E-state index contributed by atoms with van der Waals surface area (Å²) < 4.78 is 6.05. The fraction of sp³-hybridized carbons (Fsp3) is 0.444. The zero-order valence-corrected chi connectivity index (χ0v) is 9.55. The predicted molar refractivity (Wildman–Crippen MR) is 56.9 cm³/mol. The SMILES string of the molecule is CC(C)(C)N/N=C/c1occc1Br. The average molecular weight is 245 g/mol. The van der Waals surface area contributed by atoms with Gasteiger partial charge in [-0.15, -0.1) is 0 Å². The number of hydrogen-bond acceptors (Lipinski definition) is 3. The van der Waals surface area contributed by atoms with Gasteiger partial charge in [0.15, 0.2) is 5.76 Å². The van der Waals surface area contributed by atoms with Gasteiger partial charge in [0.05, 0.1) is 17.0 Å². The molecule has 0 fully saturated rings. The fourth-order valence-electron chi connectivity index (χ4n) is 0.682. The zero-order valence-electron chi connectivity index (χ0n) is 7.97. The van der Waals surface area contributed by atoms with Crippen molar-refractivity contribution >= 4 is 22.1 Å². The molecule has 1 heterocycles. The van der Waals surface area contributed by atoms with E-state index in [1.54, 1.807) is 12.5 Å². The second-order valence-corrected chi connectivity index (χ2v) is 4.61. The second-order valence-electron chi connectivity index (χ2n) is 3.75. The minimum absolute atomic E-state index is 0.0183. The maximum atomic E-state index is 5.14. The first-order valence-electron chi connectivity index (χ1n) is 4.02. The molecule has 0 amide bonds. The van der Waals surface area contributed by atoms with Crippen LogP contribution in [-0.4, -0.2) is 11.8 Å². The Kier molecular flexibility index (Phi) is 3.14. The van der Waals surface area contributed by atoms with E-state index in [0.717, 1.165) is 10.2 Å². The van der Waals surface area contributed by atoms with Gasteiger partial charge < -0.3 is 9.84 Å². The average Bonchev–Trinajstić information content (AvgIpc) is 2.34. The largest absolute Gasteiger partial charge is 0.462 e. The van der Waals surface area contributed by atoms with E-state index < -0.39 is 0 Å². The molecule has 0 radical (unpaired) electrons. The molecule has 0 aliphatic heterocycles. The minimum Gasteiger partial charge on any atom is -0.462 e. The summed E-state index contributed by atoms with van der Waals surface area (Å²) in [6.07, 6.45) is 3.26. The van der Waals surface area contributed by atoms with Crippen molar-refractivity contribution < 1.29 is 4.42 Å². The third-order valence-electron chi connectivity index (χ3n) is 1.23. The van der Waals surface area contributed by atoms with Gasteiger partial charge in [0.2, 0.25) is 0 Å². The number of hydrazone groups is 1. The number of furan rings is 1. The maximum absolute atomic E-state index is 5.14. The van der Waals surface area contributed by atoms with Crippen LogP contribution in [0.4, 0.5) is 0 Å². The summed E-state index contributed by atoms with van der Waals surface area (Å²) in [4.78, 5) is 0. The summed E-state index contributed by atoms with van der Waals surface area (Å²) in [5.74, 6) is 0.719. The van der Waals surface area contributed by atoms with Gasteiger partial charge in [-0.1, -0.05) is 0 Å². The van der Waals surface area contributed by atoms with E-state index in [1.165, 1.54) is 0 Å². The summed E-state index contributed by atoms with van der Waals surface area (Å²) in [7, 11) is 0. The van der Waals surface area contributed by atoms with Crippen LogP contribution in [-0.2, 0) is 0 Å². The molecule has 0 aliphatic rings. The van der Waals surface area contributed by atoms with E-state index in [-0.39, 0.29) is 5.54 Å². The molecule has 0 saturated heterocycles. The van der Waals surface area contributed by atoms with E-state index >= 15 is 0 Å². The summed E-state index contributed by atoms with van der Waals surface area (Å²) >= 11 is 3.33. The molecule has 0 bridgehead atoms. The highest BCUT2D eigenvalue weighted by molar-refractivity contribution is 9.10. The van der Waals surface area contributed by atoms with Gasteiger partial charge >= 0.3 is 0 Å². The summed E-state index contributed by atoms with van der Waals surface area (Å²) in [5, 5.41) is 4.05. The minimum atomic E-state index is -0.0183. The van der Waals surface area contributed by atoms with E-state index in [1.807, 2.05) is 26.8 Å². The topological polar surface area (TPSA) is 37.5 Å². The van der Waals surface area contributed by atoms with Crippen molar-refractivity contribution in [3.63, 3.8) is 0 Å². The summed E-state index contributed by atoms with van der Waals surface area (Å²) in [6.45, 7) is 6.13. The van der Waals surface area contributed by atoms with Crippen LogP contribution < -0.4 is 5.43 Å². The predicted octanol–water partition coefficient (Wildman–Crippen LogP) is 2.76. The van der Waals surface area contributed by atoms with Crippen LogP contribution in [0.5, 0.6) is 0 Å². The fourth-order valence-corrected chi connectivity index (χ4v) is 0.986. The maximum Gasteiger partial charge on any atom is 0.160 e. The van der Waals surface area contributed by atoms with Gasteiger partial charge in [0.25, 0.3) is 0 Å². The highest BCUT2D eigenvalue weighted by Gasteiger charge is 2.06. The first-order valence-corrected chi connectivity index (χ1v) is 4.81. The van der Waals surface area contributed by atoms with Crippen LogP contribution in [0, 0.1) is 0 Å². The molecule has 0 aromatic carbocycles. The van der Waals surface area contributed by atoms with E-state index in [0.29, 0.717) is 0 Å².